The van der Waals surface area contributed by atoms with E-state index in [0.717, 1.165) is 13.0 Å². The number of carboxylic acid groups (broad SMARTS) is 1. The van der Waals surface area contributed by atoms with Crippen LogP contribution in [0.15, 0.2) is 53.7 Å². The molecule has 14 heteroatoms. The van der Waals surface area contributed by atoms with Gasteiger partial charge in [0.2, 0.25) is 10.0 Å². The third-order valence-corrected chi connectivity index (χ3v) is 7.48. The van der Waals surface area contributed by atoms with Crippen LogP contribution in [-0.4, -0.2) is 61.9 Å². The Morgan fingerprint density at radius 1 is 1.20 bits per heavy atom. The van der Waals surface area contributed by atoms with Crippen LogP contribution < -0.4 is 26.0 Å². The predicted octanol–water partition coefficient (Wildman–Crippen LogP) is 0.926. The van der Waals surface area contributed by atoms with Crippen molar-refractivity contribution in [3.8, 4) is 0 Å². The van der Waals surface area contributed by atoms with Gasteiger partial charge < -0.3 is 20.3 Å². The summed E-state index contributed by atoms with van der Waals surface area (Å²) in [6, 6.07) is 5.76. The zero-order valence-electron chi connectivity index (χ0n) is 18.5. The van der Waals surface area contributed by atoms with Crippen LogP contribution in [0.25, 0.3) is 0 Å². The standard InChI is InChI=1S/C21H26Cl2N6O5S/c22-14-5-1-6-15(23)18(14)35(33,34)28-16(20(31)32)13-27-19(30)17-7-2-11-29(17)12-4-10-26-21-24-8-3-9-25-21/h1-3,5-8,11,16,21,24-26,28H,4,9-10,12-13H2,(H,27,30)(H,31,32). The van der Waals surface area contributed by atoms with E-state index in [1.54, 1.807) is 22.9 Å². The molecule has 0 aliphatic carbocycles. The van der Waals surface area contributed by atoms with Crippen molar-refractivity contribution in [1.82, 2.24) is 30.6 Å². The number of sulfonamides is 1. The number of halogens is 2. The van der Waals surface area contributed by atoms with Crippen molar-refractivity contribution in [3.63, 3.8) is 0 Å². The van der Waals surface area contributed by atoms with Gasteiger partial charge in [0.1, 0.15) is 22.9 Å². The Labute approximate surface area is 212 Å². The lowest BCUT2D eigenvalue weighted by atomic mass is 10.3. The molecule has 0 fully saturated rings. The summed E-state index contributed by atoms with van der Waals surface area (Å²) in [5, 5.41) is 21.3. The largest absolute Gasteiger partial charge is 0.480 e. The van der Waals surface area contributed by atoms with E-state index in [9.17, 15) is 23.1 Å². The van der Waals surface area contributed by atoms with Crippen molar-refractivity contribution < 1.29 is 23.1 Å². The number of aromatic nitrogens is 1. The van der Waals surface area contributed by atoms with Crippen molar-refractivity contribution in [1.29, 1.82) is 0 Å². The number of rotatable bonds is 12. The summed E-state index contributed by atoms with van der Waals surface area (Å²) in [5.74, 6) is -2.01. The number of carbonyl (C=O) groups is 2. The van der Waals surface area contributed by atoms with Crippen LogP contribution in [0.2, 0.25) is 10.0 Å². The molecule has 1 aliphatic rings. The van der Waals surface area contributed by atoms with E-state index in [0.29, 0.717) is 18.8 Å². The highest BCUT2D eigenvalue weighted by molar-refractivity contribution is 7.89. The van der Waals surface area contributed by atoms with Gasteiger partial charge in [0.15, 0.2) is 0 Å². The molecule has 1 aromatic carbocycles. The van der Waals surface area contributed by atoms with Crippen LogP contribution >= 0.6 is 23.2 Å². The number of aryl methyl sites for hydroxylation is 1. The fraction of sp³-hybridized carbons (Fsp3) is 0.333. The normalized spacial score (nSPS) is 16.5. The summed E-state index contributed by atoms with van der Waals surface area (Å²) in [5.41, 5.74) is 0.322. The van der Waals surface area contributed by atoms with Gasteiger partial charge in [-0.15, -0.1) is 0 Å². The van der Waals surface area contributed by atoms with Crippen LogP contribution in [0.5, 0.6) is 0 Å². The van der Waals surface area contributed by atoms with Crippen molar-refractivity contribution in [2.45, 2.75) is 30.2 Å². The Morgan fingerprint density at radius 3 is 2.60 bits per heavy atom. The molecule has 11 nitrogen and oxygen atoms in total. The van der Waals surface area contributed by atoms with E-state index in [-0.39, 0.29) is 16.3 Å². The first kappa shape index (κ1) is 27.0. The Bertz CT molecular complexity index is 1170. The first-order valence-corrected chi connectivity index (χ1v) is 12.9. The van der Waals surface area contributed by atoms with Gasteiger partial charge in [-0.25, -0.2) is 8.42 Å². The zero-order valence-corrected chi connectivity index (χ0v) is 20.8. The molecule has 6 N–H and O–H groups in total. The molecular weight excluding hydrogens is 519 g/mol. The number of carboxylic acids is 1. The summed E-state index contributed by atoms with van der Waals surface area (Å²) >= 11 is 11.9. The summed E-state index contributed by atoms with van der Waals surface area (Å²) in [6.07, 6.45) is 6.29. The minimum Gasteiger partial charge on any atom is -0.480 e. The number of amides is 1. The molecule has 0 saturated heterocycles. The van der Waals surface area contributed by atoms with E-state index in [2.05, 4.69) is 21.3 Å². The van der Waals surface area contributed by atoms with Crippen molar-refractivity contribution in [2.24, 2.45) is 0 Å². The summed E-state index contributed by atoms with van der Waals surface area (Å²) in [7, 11) is -4.37. The van der Waals surface area contributed by atoms with Crippen molar-refractivity contribution in [2.75, 3.05) is 19.6 Å². The van der Waals surface area contributed by atoms with Crippen LogP contribution in [0, 0.1) is 0 Å². The molecule has 1 amide bonds. The highest BCUT2D eigenvalue weighted by Crippen LogP contribution is 2.28. The van der Waals surface area contributed by atoms with Gasteiger partial charge >= 0.3 is 5.97 Å². The maximum atomic E-state index is 12.7. The van der Waals surface area contributed by atoms with E-state index in [1.807, 2.05) is 17.0 Å². The van der Waals surface area contributed by atoms with E-state index >= 15 is 0 Å². The minimum atomic E-state index is -4.37. The highest BCUT2D eigenvalue weighted by atomic mass is 35.5. The SMILES string of the molecule is O=C(NCC(NS(=O)(=O)c1c(Cl)cccc1Cl)C(=O)O)c1cccn1CCCNC1NC=CCN1. The lowest BCUT2D eigenvalue weighted by Gasteiger charge is -2.23. The van der Waals surface area contributed by atoms with Gasteiger partial charge in [0.25, 0.3) is 5.91 Å². The van der Waals surface area contributed by atoms with Gasteiger partial charge in [-0.3, -0.25) is 20.2 Å². The van der Waals surface area contributed by atoms with Gasteiger partial charge in [0.05, 0.1) is 10.0 Å². The van der Waals surface area contributed by atoms with Gasteiger partial charge in [-0.2, -0.15) is 4.72 Å². The molecule has 2 atom stereocenters. The first-order chi connectivity index (χ1) is 16.7. The molecule has 1 aromatic heterocycles. The Kier molecular flexibility index (Phi) is 9.55. The maximum absolute atomic E-state index is 12.7. The second-order valence-corrected chi connectivity index (χ2v) is 10.0. The Balaban J connectivity index is 1.56. The topological polar surface area (TPSA) is 154 Å². The van der Waals surface area contributed by atoms with E-state index < -0.39 is 39.4 Å². The van der Waals surface area contributed by atoms with Gasteiger partial charge in [0, 0.05) is 25.8 Å². The molecular formula is C21H26Cl2N6O5S. The fourth-order valence-electron chi connectivity index (χ4n) is 3.36. The molecule has 0 spiro atoms. The lowest BCUT2D eigenvalue weighted by Crippen LogP contribution is -2.53. The molecule has 190 valence electrons. The summed E-state index contributed by atoms with van der Waals surface area (Å²) in [4.78, 5) is 23.9. The molecule has 3 rings (SSSR count). The molecule has 2 heterocycles. The number of benzene rings is 1. The fourth-order valence-corrected chi connectivity index (χ4v) is 5.69. The molecule has 35 heavy (non-hydrogen) atoms. The Morgan fingerprint density at radius 2 is 1.94 bits per heavy atom. The molecule has 0 bridgehead atoms. The van der Waals surface area contributed by atoms with Gasteiger partial charge in [-0.05, 0) is 43.4 Å². The monoisotopic (exact) mass is 544 g/mol. The average molecular weight is 545 g/mol. The number of carbonyl (C=O) groups excluding carboxylic acids is 1. The van der Waals surface area contributed by atoms with Crippen molar-refractivity contribution in [3.05, 3.63) is 64.5 Å². The zero-order chi connectivity index (χ0) is 25.4. The highest BCUT2D eigenvalue weighted by Gasteiger charge is 2.29. The quantitative estimate of drug-likeness (QED) is 0.216. The molecule has 2 aromatic rings. The summed E-state index contributed by atoms with van der Waals surface area (Å²) < 4.78 is 29.2. The Hall–Kier alpha value is -2.61. The third-order valence-electron chi connectivity index (χ3n) is 5.06. The van der Waals surface area contributed by atoms with Crippen LogP contribution in [0.1, 0.15) is 16.9 Å². The predicted molar refractivity (Wildman–Crippen MR) is 132 cm³/mol. The lowest BCUT2D eigenvalue weighted by molar-refractivity contribution is -0.138. The first-order valence-electron chi connectivity index (χ1n) is 10.7. The maximum Gasteiger partial charge on any atom is 0.323 e. The number of aliphatic carboxylic acids is 1. The molecule has 0 radical (unpaired) electrons. The molecule has 2 unspecified atom stereocenters. The number of hydrogen-bond acceptors (Lipinski definition) is 7. The van der Waals surface area contributed by atoms with Crippen LogP contribution in [0.4, 0.5) is 0 Å². The molecule has 1 aliphatic heterocycles. The van der Waals surface area contributed by atoms with E-state index in [1.165, 1.54) is 18.2 Å². The second kappa shape index (κ2) is 12.4. The van der Waals surface area contributed by atoms with Crippen molar-refractivity contribution >= 4 is 45.1 Å². The van der Waals surface area contributed by atoms with Crippen LogP contribution in [-0.2, 0) is 21.4 Å². The smallest absolute Gasteiger partial charge is 0.323 e. The number of hydrogen-bond donors (Lipinski definition) is 6. The van der Waals surface area contributed by atoms with E-state index in [4.69, 9.17) is 23.2 Å². The summed E-state index contributed by atoms with van der Waals surface area (Å²) in [6.45, 7) is 1.51. The molecule has 0 saturated carbocycles. The third kappa shape index (κ3) is 7.43. The average Bonchev–Trinajstić information content (AvgIpc) is 3.28. The number of nitrogens with one attached hydrogen (secondary N) is 5. The number of nitrogens with zero attached hydrogens (tertiary/aromatic N) is 1. The van der Waals surface area contributed by atoms with Gasteiger partial charge in [-0.1, -0.05) is 35.3 Å². The minimum absolute atomic E-state index is 0.0233. The van der Waals surface area contributed by atoms with Crippen LogP contribution in [0.3, 0.4) is 0 Å². The second-order valence-electron chi connectivity index (χ2n) is 7.58.